The van der Waals surface area contributed by atoms with Gasteiger partial charge in [-0.25, -0.2) is 4.39 Å². The van der Waals surface area contributed by atoms with Crippen LogP contribution >= 0.6 is 11.6 Å². The Kier molecular flexibility index (Phi) is 3.62. The molecule has 2 rings (SSSR count). The fourth-order valence-electron chi connectivity index (χ4n) is 1.72. The summed E-state index contributed by atoms with van der Waals surface area (Å²) in [4.78, 5) is 0. The van der Waals surface area contributed by atoms with Crippen LogP contribution in [0.1, 0.15) is 17.0 Å². The lowest BCUT2D eigenvalue weighted by atomic mass is 9.95. The van der Waals surface area contributed by atoms with E-state index in [1.165, 1.54) is 12.1 Å². The lowest BCUT2D eigenvalue weighted by Gasteiger charge is -2.13. The number of halogens is 2. The molecule has 1 aromatic carbocycles. The van der Waals surface area contributed by atoms with E-state index in [2.05, 4.69) is 0 Å². The first-order chi connectivity index (χ1) is 7.79. The summed E-state index contributed by atoms with van der Waals surface area (Å²) in [6.45, 7) is 0. The van der Waals surface area contributed by atoms with Crippen LogP contribution in [0.2, 0.25) is 0 Å². The van der Waals surface area contributed by atoms with Gasteiger partial charge in [-0.05, 0) is 35.7 Å². The van der Waals surface area contributed by atoms with Gasteiger partial charge in [0, 0.05) is 11.8 Å². The van der Waals surface area contributed by atoms with Gasteiger partial charge in [0.05, 0.1) is 12.5 Å². The molecule has 0 amide bonds. The summed E-state index contributed by atoms with van der Waals surface area (Å²) in [5.74, 6) is 0.365. The van der Waals surface area contributed by atoms with E-state index < -0.39 is 0 Å². The van der Waals surface area contributed by atoms with Crippen LogP contribution in [0, 0.1) is 5.82 Å². The van der Waals surface area contributed by atoms with Crippen LogP contribution in [0.4, 0.5) is 4.39 Å². The first kappa shape index (κ1) is 11.2. The zero-order valence-electron chi connectivity index (χ0n) is 8.70. The molecule has 0 radical (unpaired) electrons. The summed E-state index contributed by atoms with van der Waals surface area (Å²) in [5.41, 5.74) is 2.01. The third-order valence-electron chi connectivity index (χ3n) is 2.57. The normalized spacial score (nSPS) is 12.6. The number of alkyl halides is 1. The molecule has 1 atom stereocenters. The highest BCUT2D eigenvalue weighted by Crippen LogP contribution is 2.23. The lowest BCUT2D eigenvalue weighted by molar-refractivity contribution is 0.562. The van der Waals surface area contributed by atoms with Crippen molar-refractivity contribution in [2.24, 2.45) is 0 Å². The second-order valence-corrected chi connectivity index (χ2v) is 4.05. The summed E-state index contributed by atoms with van der Waals surface area (Å²) < 4.78 is 18.1. The van der Waals surface area contributed by atoms with Crippen molar-refractivity contribution in [3.8, 4) is 0 Å². The summed E-state index contributed by atoms with van der Waals surface area (Å²) in [6, 6.07) is 8.48. The molecule has 0 saturated heterocycles. The molecule has 1 heterocycles. The number of rotatable bonds is 4. The van der Waals surface area contributed by atoms with Gasteiger partial charge in [0.15, 0.2) is 0 Å². The third-order valence-corrected chi connectivity index (χ3v) is 2.94. The monoisotopic (exact) mass is 238 g/mol. The second-order valence-electron chi connectivity index (χ2n) is 3.74. The molecule has 0 fully saturated rings. The van der Waals surface area contributed by atoms with Gasteiger partial charge in [0.25, 0.3) is 0 Å². The Balaban J connectivity index is 2.16. The molecule has 1 aromatic heterocycles. The van der Waals surface area contributed by atoms with Gasteiger partial charge < -0.3 is 4.42 Å². The van der Waals surface area contributed by atoms with E-state index in [9.17, 15) is 4.39 Å². The zero-order chi connectivity index (χ0) is 11.4. The summed E-state index contributed by atoms with van der Waals surface area (Å²) in [6.07, 6.45) is 4.09. The molecule has 16 heavy (non-hydrogen) atoms. The van der Waals surface area contributed by atoms with E-state index >= 15 is 0 Å². The Morgan fingerprint density at radius 2 is 2.19 bits per heavy atom. The predicted octanol–water partition coefficient (Wildman–Crippen LogP) is 3.98. The molecule has 1 unspecified atom stereocenters. The molecule has 0 aliphatic carbocycles. The summed E-state index contributed by atoms with van der Waals surface area (Å²) >= 11 is 5.92. The van der Waals surface area contributed by atoms with Crippen molar-refractivity contribution in [2.45, 2.75) is 12.3 Å². The Morgan fingerprint density at radius 1 is 1.31 bits per heavy atom. The second kappa shape index (κ2) is 5.17. The van der Waals surface area contributed by atoms with Gasteiger partial charge in [-0.2, -0.15) is 0 Å². The third kappa shape index (κ3) is 2.64. The Morgan fingerprint density at radius 3 is 2.81 bits per heavy atom. The van der Waals surface area contributed by atoms with Gasteiger partial charge in [0.1, 0.15) is 5.82 Å². The van der Waals surface area contributed by atoms with Crippen molar-refractivity contribution in [3.05, 3.63) is 59.8 Å². The minimum Gasteiger partial charge on any atom is -0.472 e. The molecule has 0 bridgehead atoms. The smallest absolute Gasteiger partial charge is 0.123 e. The number of benzene rings is 1. The van der Waals surface area contributed by atoms with Crippen molar-refractivity contribution in [2.75, 3.05) is 5.88 Å². The molecular formula is C13H12ClFO. The van der Waals surface area contributed by atoms with Crippen LogP contribution in [0.5, 0.6) is 0 Å². The van der Waals surface area contributed by atoms with Gasteiger partial charge in [-0.3, -0.25) is 0 Å². The first-order valence-electron chi connectivity index (χ1n) is 5.12. The maximum atomic E-state index is 13.1. The number of hydrogen-bond acceptors (Lipinski definition) is 1. The fraction of sp³-hybridized carbons (Fsp3) is 0.231. The van der Waals surface area contributed by atoms with Crippen molar-refractivity contribution in [1.82, 2.24) is 0 Å². The van der Waals surface area contributed by atoms with E-state index in [1.54, 1.807) is 18.6 Å². The summed E-state index contributed by atoms with van der Waals surface area (Å²) in [5, 5.41) is 0. The lowest BCUT2D eigenvalue weighted by Crippen LogP contribution is -2.04. The maximum absolute atomic E-state index is 13.1. The highest BCUT2D eigenvalue weighted by Gasteiger charge is 2.12. The number of furan rings is 1. The largest absolute Gasteiger partial charge is 0.472 e. The molecule has 0 aliphatic heterocycles. The molecule has 0 N–H and O–H groups in total. The Hall–Kier alpha value is -1.28. The highest BCUT2D eigenvalue weighted by atomic mass is 35.5. The SMILES string of the molecule is Fc1cccc(C(CCl)Cc2ccoc2)c1. The van der Waals surface area contributed by atoms with E-state index in [-0.39, 0.29) is 11.7 Å². The fourth-order valence-corrected chi connectivity index (χ4v) is 2.00. The molecule has 3 heteroatoms. The Bertz CT molecular complexity index is 439. The average molecular weight is 239 g/mol. The molecule has 0 saturated carbocycles. The zero-order valence-corrected chi connectivity index (χ0v) is 9.45. The van der Waals surface area contributed by atoms with Crippen molar-refractivity contribution in [1.29, 1.82) is 0 Å². The van der Waals surface area contributed by atoms with Crippen LogP contribution in [-0.2, 0) is 6.42 Å². The summed E-state index contributed by atoms with van der Waals surface area (Å²) in [7, 11) is 0. The Labute approximate surface area is 98.8 Å². The maximum Gasteiger partial charge on any atom is 0.123 e. The van der Waals surface area contributed by atoms with Crippen LogP contribution in [0.3, 0.4) is 0 Å². The van der Waals surface area contributed by atoms with Gasteiger partial charge in [-0.1, -0.05) is 12.1 Å². The van der Waals surface area contributed by atoms with Gasteiger partial charge in [0.2, 0.25) is 0 Å². The standard InChI is InChI=1S/C13H12ClFO/c14-8-12(6-10-4-5-16-9-10)11-2-1-3-13(15)7-11/h1-5,7,9,12H,6,8H2. The van der Waals surface area contributed by atoms with Gasteiger partial charge >= 0.3 is 0 Å². The minimum atomic E-state index is -0.222. The van der Waals surface area contributed by atoms with Crippen LogP contribution in [0.25, 0.3) is 0 Å². The quantitative estimate of drug-likeness (QED) is 0.735. The predicted molar refractivity (Wildman–Crippen MR) is 62.3 cm³/mol. The molecular weight excluding hydrogens is 227 g/mol. The molecule has 1 nitrogen and oxygen atoms in total. The molecule has 84 valence electrons. The topological polar surface area (TPSA) is 13.1 Å². The number of hydrogen-bond donors (Lipinski definition) is 0. The van der Waals surface area contributed by atoms with Crippen molar-refractivity contribution < 1.29 is 8.81 Å². The van der Waals surface area contributed by atoms with Crippen LogP contribution < -0.4 is 0 Å². The van der Waals surface area contributed by atoms with Gasteiger partial charge in [-0.15, -0.1) is 11.6 Å². The van der Waals surface area contributed by atoms with E-state index in [0.29, 0.717) is 5.88 Å². The van der Waals surface area contributed by atoms with Crippen LogP contribution in [0.15, 0.2) is 47.3 Å². The van der Waals surface area contributed by atoms with E-state index in [0.717, 1.165) is 17.5 Å². The van der Waals surface area contributed by atoms with E-state index in [1.807, 2.05) is 12.1 Å². The van der Waals surface area contributed by atoms with Crippen LogP contribution in [-0.4, -0.2) is 5.88 Å². The van der Waals surface area contributed by atoms with Crippen molar-refractivity contribution in [3.63, 3.8) is 0 Å². The average Bonchev–Trinajstić information content (AvgIpc) is 2.78. The van der Waals surface area contributed by atoms with E-state index in [4.69, 9.17) is 16.0 Å². The molecule has 0 spiro atoms. The first-order valence-corrected chi connectivity index (χ1v) is 5.65. The molecule has 0 aliphatic rings. The minimum absolute atomic E-state index is 0.120. The highest BCUT2D eigenvalue weighted by molar-refractivity contribution is 6.18. The van der Waals surface area contributed by atoms with Crippen molar-refractivity contribution >= 4 is 11.6 Å². The molecule has 2 aromatic rings.